The van der Waals surface area contributed by atoms with Crippen LogP contribution in [0.1, 0.15) is 24.6 Å². The van der Waals surface area contributed by atoms with Gasteiger partial charge in [-0.1, -0.05) is 12.1 Å². The first kappa shape index (κ1) is 14.4. The fourth-order valence-corrected chi connectivity index (χ4v) is 3.00. The second-order valence-electron chi connectivity index (χ2n) is 4.95. The fraction of sp³-hybridized carbons (Fsp3) is 0.312. The Morgan fingerprint density at radius 1 is 1.29 bits per heavy atom. The molecule has 1 atom stereocenters. The average molecular weight is 348 g/mol. The molecule has 0 radical (unpaired) electrons. The number of aromatic nitrogens is 2. The van der Waals surface area contributed by atoms with Crippen molar-refractivity contribution in [1.82, 2.24) is 14.9 Å². The Labute approximate surface area is 132 Å². The van der Waals surface area contributed by atoms with E-state index in [9.17, 15) is 0 Å². The number of imidazole rings is 1. The van der Waals surface area contributed by atoms with Crippen molar-refractivity contribution in [3.8, 4) is 0 Å². The summed E-state index contributed by atoms with van der Waals surface area (Å²) in [7, 11) is 1.94. The van der Waals surface area contributed by atoms with Crippen molar-refractivity contribution in [2.75, 3.05) is 7.05 Å². The summed E-state index contributed by atoms with van der Waals surface area (Å²) in [5.41, 5.74) is 2.23. The number of halogens is 1. The van der Waals surface area contributed by atoms with Crippen LogP contribution in [-0.2, 0) is 13.0 Å². The summed E-state index contributed by atoms with van der Waals surface area (Å²) in [6, 6.07) is 12.3. The van der Waals surface area contributed by atoms with Gasteiger partial charge >= 0.3 is 0 Å². The smallest absolute Gasteiger partial charge is 0.169 e. The molecule has 0 fully saturated rings. The SMILES string of the molecule is CCn1c(CC(NC)c2ccc(Br)o2)nc2ccccc21. The largest absolute Gasteiger partial charge is 0.453 e. The molecule has 0 aliphatic rings. The zero-order chi connectivity index (χ0) is 14.8. The van der Waals surface area contributed by atoms with Gasteiger partial charge in [-0.05, 0) is 54.2 Å². The lowest BCUT2D eigenvalue weighted by Gasteiger charge is -2.14. The lowest BCUT2D eigenvalue weighted by atomic mass is 10.1. The molecular formula is C16H18BrN3O. The third-order valence-electron chi connectivity index (χ3n) is 3.72. The molecule has 3 aromatic rings. The van der Waals surface area contributed by atoms with Crippen LogP contribution in [0.2, 0.25) is 0 Å². The maximum Gasteiger partial charge on any atom is 0.169 e. The molecule has 0 spiro atoms. The van der Waals surface area contributed by atoms with Crippen LogP contribution >= 0.6 is 15.9 Å². The molecule has 0 bridgehead atoms. The van der Waals surface area contributed by atoms with Gasteiger partial charge in [-0.2, -0.15) is 0 Å². The number of rotatable bonds is 5. The summed E-state index contributed by atoms with van der Waals surface area (Å²) in [5, 5.41) is 3.31. The Balaban J connectivity index is 1.96. The van der Waals surface area contributed by atoms with Gasteiger partial charge in [0.15, 0.2) is 4.67 Å². The van der Waals surface area contributed by atoms with Crippen LogP contribution in [-0.4, -0.2) is 16.6 Å². The lowest BCUT2D eigenvalue weighted by molar-refractivity contribution is 0.410. The van der Waals surface area contributed by atoms with E-state index in [-0.39, 0.29) is 6.04 Å². The number of aryl methyl sites for hydroxylation is 1. The number of nitrogens with zero attached hydrogens (tertiary/aromatic N) is 2. The van der Waals surface area contributed by atoms with Gasteiger partial charge in [0.2, 0.25) is 0 Å². The molecule has 1 N–H and O–H groups in total. The van der Waals surface area contributed by atoms with Crippen LogP contribution in [0, 0.1) is 0 Å². The monoisotopic (exact) mass is 347 g/mol. The van der Waals surface area contributed by atoms with Gasteiger partial charge in [0, 0.05) is 13.0 Å². The summed E-state index contributed by atoms with van der Waals surface area (Å²) in [5.74, 6) is 1.99. The number of hydrogen-bond acceptors (Lipinski definition) is 3. The van der Waals surface area contributed by atoms with E-state index in [0.29, 0.717) is 0 Å². The first-order valence-corrected chi connectivity index (χ1v) is 7.89. The summed E-state index contributed by atoms with van der Waals surface area (Å²) in [4.78, 5) is 4.77. The quantitative estimate of drug-likeness (QED) is 0.760. The molecule has 1 aromatic carbocycles. The summed E-state index contributed by atoms with van der Waals surface area (Å²) in [6.45, 7) is 3.06. The van der Waals surface area contributed by atoms with Gasteiger partial charge in [0.05, 0.1) is 17.1 Å². The molecule has 2 aromatic heterocycles. The fourth-order valence-electron chi connectivity index (χ4n) is 2.68. The topological polar surface area (TPSA) is 43.0 Å². The van der Waals surface area contributed by atoms with Crippen LogP contribution in [0.25, 0.3) is 11.0 Å². The molecule has 0 aliphatic heterocycles. The van der Waals surface area contributed by atoms with Gasteiger partial charge in [-0.15, -0.1) is 0 Å². The Morgan fingerprint density at radius 2 is 2.10 bits per heavy atom. The number of para-hydroxylation sites is 2. The van der Waals surface area contributed by atoms with Gasteiger partial charge in [-0.25, -0.2) is 4.98 Å². The van der Waals surface area contributed by atoms with Crippen molar-refractivity contribution in [1.29, 1.82) is 0 Å². The third kappa shape index (κ3) is 2.76. The molecule has 0 saturated heterocycles. The molecule has 1 unspecified atom stereocenters. The van der Waals surface area contributed by atoms with E-state index < -0.39 is 0 Å². The molecule has 3 rings (SSSR count). The van der Waals surface area contributed by atoms with E-state index in [1.54, 1.807) is 0 Å². The van der Waals surface area contributed by atoms with Gasteiger partial charge in [0.1, 0.15) is 11.6 Å². The normalized spacial score (nSPS) is 12.9. The number of furan rings is 1. The standard InChI is InChI=1S/C16H18BrN3O/c1-3-20-13-7-5-4-6-11(13)19-16(20)10-12(18-2)14-8-9-15(17)21-14/h4-9,12,18H,3,10H2,1-2H3. The Bertz CT molecular complexity index is 747. The van der Waals surface area contributed by atoms with Crippen molar-refractivity contribution in [2.45, 2.75) is 25.9 Å². The predicted octanol–water partition coefficient (Wildman–Crippen LogP) is 3.91. The highest BCUT2D eigenvalue weighted by atomic mass is 79.9. The molecule has 2 heterocycles. The Morgan fingerprint density at radius 3 is 2.76 bits per heavy atom. The maximum absolute atomic E-state index is 5.67. The van der Waals surface area contributed by atoms with E-state index in [2.05, 4.69) is 50.9 Å². The highest BCUT2D eigenvalue weighted by molar-refractivity contribution is 9.10. The average Bonchev–Trinajstić information content (AvgIpc) is 3.07. The number of benzene rings is 1. The zero-order valence-electron chi connectivity index (χ0n) is 12.1. The van der Waals surface area contributed by atoms with E-state index >= 15 is 0 Å². The second-order valence-corrected chi connectivity index (χ2v) is 5.73. The van der Waals surface area contributed by atoms with Gasteiger partial charge in [0.25, 0.3) is 0 Å². The minimum Gasteiger partial charge on any atom is -0.453 e. The molecule has 110 valence electrons. The Kier molecular flexibility index (Phi) is 4.12. The maximum atomic E-state index is 5.67. The number of fused-ring (bicyclic) bond motifs is 1. The molecule has 0 saturated carbocycles. The number of hydrogen-bond donors (Lipinski definition) is 1. The summed E-state index contributed by atoms with van der Waals surface area (Å²) >= 11 is 3.36. The minimum atomic E-state index is 0.110. The predicted molar refractivity (Wildman–Crippen MR) is 87.3 cm³/mol. The molecule has 4 nitrogen and oxygen atoms in total. The first-order valence-electron chi connectivity index (χ1n) is 7.09. The van der Waals surface area contributed by atoms with Gasteiger partial charge < -0.3 is 14.3 Å². The first-order chi connectivity index (χ1) is 10.2. The van der Waals surface area contributed by atoms with Gasteiger partial charge in [-0.3, -0.25) is 0 Å². The Hall–Kier alpha value is -1.59. The third-order valence-corrected chi connectivity index (χ3v) is 4.15. The molecule has 0 aliphatic carbocycles. The minimum absolute atomic E-state index is 0.110. The summed E-state index contributed by atoms with van der Waals surface area (Å²) in [6.07, 6.45) is 0.791. The van der Waals surface area contributed by atoms with E-state index in [1.165, 1.54) is 5.52 Å². The lowest BCUT2D eigenvalue weighted by Crippen LogP contribution is -2.20. The molecular weight excluding hydrogens is 330 g/mol. The van der Waals surface area contributed by atoms with Crippen molar-refractivity contribution in [3.05, 3.63) is 52.7 Å². The van der Waals surface area contributed by atoms with Crippen LogP contribution in [0.4, 0.5) is 0 Å². The van der Waals surface area contributed by atoms with Crippen LogP contribution in [0.5, 0.6) is 0 Å². The van der Waals surface area contributed by atoms with E-state index in [4.69, 9.17) is 9.40 Å². The van der Waals surface area contributed by atoms with Crippen LogP contribution < -0.4 is 5.32 Å². The molecule has 21 heavy (non-hydrogen) atoms. The van der Waals surface area contributed by atoms with Crippen molar-refractivity contribution >= 4 is 27.0 Å². The highest BCUT2D eigenvalue weighted by Gasteiger charge is 2.18. The van der Waals surface area contributed by atoms with E-state index in [0.717, 1.165) is 34.7 Å². The van der Waals surface area contributed by atoms with Crippen molar-refractivity contribution < 1.29 is 4.42 Å². The second kappa shape index (κ2) is 6.03. The van der Waals surface area contributed by atoms with Crippen molar-refractivity contribution in [3.63, 3.8) is 0 Å². The van der Waals surface area contributed by atoms with Crippen molar-refractivity contribution in [2.24, 2.45) is 0 Å². The molecule has 0 amide bonds. The van der Waals surface area contributed by atoms with E-state index in [1.807, 2.05) is 25.2 Å². The summed E-state index contributed by atoms with van der Waals surface area (Å²) < 4.78 is 8.69. The molecule has 5 heteroatoms. The number of likely N-dealkylation sites (N-methyl/N-ethyl adjacent to an activating group) is 1. The van der Waals surface area contributed by atoms with Crippen LogP contribution in [0.15, 0.2) is 45.5 Å². The highest BCUT2D eigenvalue weighted by Crippen LogP contribution is 2.25. The number of nitrogens with one attached hydrogen (secondary N) is 1. The zero-order valence-corrected chi connectivity index (χ0v) is 13.7. The van der Waals surface area contributed by atoms with Crippen LogP contribution in [0.3, 0.4) is 0 Å².